The van der Waals surface area contributed by atoms with E-state index in [1.807, 2.05) is 0 Å². The van der Waals surface area contributed by atoms with Gasteiger partial charge in [-0.25, -0.2) is 0 Å². The van der Waals surface area contributed by atoms with Crippen molar-refractivity contribution in [2.75, 3.05) is 33.0 Å². The maximum atomic E-state index is 10.7. The molecule has 17 nitrogen and oxygen atoms in total. The Labute approximate surface area is 211 Å². The number of rotatable bonds is 10. The van der Waals surface area contributed by atoms with E-state index in [1.165, 1.54) is 0 Å². The van der Waals surface area contributed by atoms with Gasteiger partial charge in [0.2, 0.25) is 0 Å². The molecule has 3 rings (SSSR count). The molecule has 218 valence electrons. The summed E-state index contributed by atoms with van der Waals surface area (Å²) in [4.78, 5) is 0. The quantitative estimate of drug-likeness (QED) is 0.121. The van der Waals surface area contributed by atoms with Gasteiger partial charge in [0.15, 0.2) is 18.9 Å². The highest BCUT2D eigenvalue weighted by molar-refractivity contribution is 4.96. The van der Waals surface area contributed by atoms with Crippen LogP contribution in [0.5, 0.6) is 0 Å². The molecular formula is C20H37NO16. The Hall–Kier alpha value is -0.680. The molecule has 3 aliphatic rings. The fourth-order valence-corrected chi connectivity index (χ4v) is 4.37. The number of aliphatic hydroxyl groups excluding tert-OH is 10. The van der Waals surface area contributed by atoms with Crippen molar-refractivity contribution in [2.24, 2.45) is 5.73 Å². The van der Waals surface area contributed by atoms with E-state index in [1.54, 1.807) is 0 Å². The molecule has 37 heavy (non-hydrogen) atoms. The molecule has 3 heterocycles. The first-order chi connectivity index (χ1) is 17.6. The Morgan fingerprint density at radius 2 is 0.919 bits per heavy atom. The second kappa shape index (κ2) is 13.6. The van der Waals surface area contributed by atoms with E-state index in [0.29, 0.717) is 0 Å². The second-order valence-corrected chi connectivity index (χ2v) is 8.97. The lowest BCUT2D eigenvalue weighted by molar-refractivity contribution is -0.379. The smallest absolute Gasteiger partial charge is 0.187 e. The van der Waals surface area contributed by atoms with Gasteiger partial charge >= 0.3 is 0 Å². The Bertz CT molecular complexity index is 687. The van der Waals surface area contributed by atoms with Crippen LogP contribution in [-0.2, 0) is 28.4 Å². The van der Waals surface area contributed by atoms with Gasteiger partial charge in [0, 0.05) is 6.54 Å². The Morgan fingerprint density at radius 3 is 1.38 bits per heavy atom. The van der Waals surface area contributed by atoms with E-state index in [4.69, 9.17) is 34.2 Å². The van der Waals surface area contributed by atoms with Gasteiger partial charge in [0.25, 0.3) is 0 Å². The molecule has 3 fully saturated rings. The minimum absolute atomic E-state index is 0.0111. The van der Waals surface area contributed by atoms with Gasteiger partial charge in [0.05, 0.1) is 26.4 Å². The lowest BCUT2D eigenvalue weighted by Gasteiger charge is -2.48. The van der Waals surface area contributed by atoms with Crippen LogP contribution in [0.2, 0.25) is 0 Å². The van der Waals surface area contributed by atoms with Crippen molar-refractivity contribution in [3.05, 3.63) is 0 Å². The maximum absolute atomic E-state index is 10.7. The van der Waals surface area contributed by atoms with Crippen molar-refractivity contribution in [1.29, 1.82) is 0 Å². The highest BCUT2D eigenvalue weighted by atomic mass is 16.8. The third kappa shape index (κ3) is 6.56. The topological polar surface area (TPSA) is 284 Å². The van der Waals surface area contributed by atoms with Crippen LogP contribution in [0, 0.1) is 0 Å². The van der Waals surface area contributed by atoms with Crippen LogP contribution >= 0.6 is 0 Å². The number of ether oxygens (including phenoxy) is 6. The van der Waals surface area contributed by atoms with Crippen LogP contribution in [0.1, 0.15) is 0 Å². The number of aliphatic hydroxyl groups is 10. The van der Waals surface area contributed by atoms with Gasteiger partial charge in [0.1, 0.15) is 73.2 Å². The molecule has 0 radical (unpaired) electrons. The summed E-state index contributed by atoms with van der Waals surface area (Å²) in [6.07, 6.45) is -24.2. The number of hydrogen-bond acceptors (Lipinski definition) is 17. The summed E-state index contributed by atoms with van der Waals surface area (Å²) in [6.45, 7) is -2.16. The molecule has 0 aromatic carbocycles. The van der Waals surface area contributed by atoms with E-state index < -0.39 is 112 Å². The van der Waals surface area contributed by atoms with E-state index in [0.717, 1.165) is 0 Å². The fourth-order valence-electron chi connectivity index (χ4n) is 4.37. The van der Waals surface area contributed by atoms with Gasteiger partial charge in [-0.3, -0.25) is 0 Å². The first kappa shape index (κ1) is 30.9. The Kier molecular flexibility index (Phi) is 11.3. The molecule has 0 aliphatic carbocycles. The van der Waals surface area contributed by atoms with Crippen molar-refractivity contribution in [1.82, 2.24) is 0 Å². The summed E-state index contributed by atoms with van der Waals surface area (Å²) in [6, 6.07) is 0. The highest BCUT2D eigenvalue weighted by Crippen LogP contribution is 2.32. The summed E-state index contributed by atoms with van der Waals surface area (Å²) >= 11 is 0. The van der Waals surface area contributed by atoms with Crippen molar-refractivity contribution in [3.63, 3.8) is 0 Å². The molecule has 0 bridgehead atoms. The van der Waals surface area contributed by atoms with Crippen LogP contribution in [-0.4, -0.2) is 176 Å². The van der Waals surface area contributed by atoms with Crippen LogP contribution in [0.15, 0.2) is 0 Å². The van der Waals surface area contributed by atoms with Crippen LogP contribution in [0.3, 0.4) is 0 Å². The highest BCUT2D eigenvalue weighted by Gasteiger charge is 2.53. The third-order valence-electron chi connectivity index (χ3n) is 6.47. The van der Waals surface area contributed by atoms with Crippen LogP contribution in [0.4, 0.5) is 0 Å². The maximum Gasteiger partial charge on any atom is 0.187 e. The molecule has 6 unspecified atom stereocenters. The Morgan fingerprint density at radius 1 is 0.514 bits per heavy atom. The average Bonchev–Trinajstić information content (AvgIpc) is 2.90. The summed E-state index contributed by atoms with van der Waals surface area (Å²) in [7, 11) is 0. The van der Waals surface area contributed by atoms with Crippen molar-refractivity contribution in [2.45, 2.75) is 92.1 Å². The van der Waals surface area contributed by atoms with Crippen LogP contribution in [0.25, 0.3) is 0 Å². The Balaban J connectivity index is 1.70. The van der Waals surface area contributed by atoms with Gasteiger partial charge < -0.3 is 85.2 Å². The summed E-state index contributed by atoms with van der Waals surface area (Å²) in [5, 5.41) is 101. The summed E-state index contributed by atoms with van der Waals surface area (Å²) < 4.78 is 32.4. The van der Waals surface area contributed by atoms with E-state index in [-0.39, 0.29) is 13.2 Å². The lowest BCUT2D eigenvalue weighted by Crippen LogP contribution is -2.66. The zero-order chi connectivity index (χ0) is 27.4. The van der Waals surface area contributed by atoms with Gasteiger partial charge in [-0.15, -0.1) is 0 Å². The monoisotopic (exact) mass is 547 g/mol. The molecule has 0 spiro atoms. The van der Waals surface area contributed by atoms with Gasteiger partial charge in [-0.2, -0.15) is 0 Å². The predicted molar refractivity (Wildman–Crippen MR) is 114 cm³/mol. The fraction of sp³-hybridized carbons (Fsp3) is 1.00. The zero-order valence-corrected chi connectivity index (χ0v) is 19.7. The zero-order valence-electron chi connectivity index (χ0n) is 19.7. The molecule has 17 heteroatoms. The van der Waals surface area contributed by atoms with E-state index >= 15 is 0 Å². The van der Waals surface area contributed by atoms with Crippen molar-refractivity contribution >= 4 is 0 Å². The van der Waals surface area contributed by atoms with Crippen molar-refractivity contribution < 1.29 is 79.5 Å². The van der Waals surface area contributed by atoms with E-state index in [2.05, 4.69) is 0 Å². The molecule has 0 amide bonds. The van der Waals surface area contributed by atoms with Gasteiger partial charge in [-0.05, 0) is 0 Å². The normalized spacial score (nSPS) is 49.2. The molecule has 15 atom stereocenters. The van der Waals surface area contributed by atoms with Crippen molar-refractivity contribution in [3.8, 4) is 0 Å². The molecule has 3 saturated heterocycles. The molecule has 0 aromatic rings. The van der Waals surface area contributed by atoms with Gasteiger partial charge in [-0.1, -0.05) is 0 Å². The molecular weight excluding hydrogens is 510 g/mol. The van der Waals surface area contributed by atoms with E-state index in [9.17, 15) is 51.1 Å². The molecule has 3 aliphatic heterocycles. The third-order valence-corrected chi connectivity index (χ3v) is 6.47. The first-order valence-electron chi connectivity index (χ1n) is 11.8. The second-order valence-electron chi connectivity index (χ2n) is 8.97. The minimum Gasteiger partial charge on any atom is -0.394 e. The molecule has 0 saturated carbocycles. The molecule has 12 N–H and O–H groups in total. The van der Waals surface area contributed by atoms with Crippen LogP contribution < -0.4 is 5.73 Å². The predicted octanol–water partition coefficient (Wildman–Crippen LogP) is -7.59. The SMILES string of the molecule is NCCO[C@H]1OC(CO)[C@H](O[C@H]2OC(CO)[C@@H](O[C@@H]3OC(CO)[C@@H](O)[C@H](O)C3O)[C@H](O)C2O)[C@H](O)C1O. The summed E-state index contributed by atoms with van der Waals surface area (Å²) in [5.74, 6) is 0. The standard InChI is InChI=1S/C20H37NO16/c21-1-2-32-18-14(30)11(27)16(7(4-23)34-18)37-20-15(31)12(28)17(8(5-24)35-20)36-19-13(29)10(26)9(25)6(3-22)33-19/h6-20,22-31H,1-5,21H2/t6?,7?,8?,9-,10+,11-,12-,13?,14?,15?,16+,17-,18+,19+,20-/m1/s1. The average molecular weight is 548 g/mol. The number of hydrogen-bond donors (Lipinski definition) is 11. The first-order valence-corrected chi connectivity index (χ1v) is 11.8. The minimum atomic E-state index is -1.90. The molecule has 0 aromatic heterocycles. The largest absolute Gasteiger partial charge is 0.394 e. The lowest BCUT2D eigenvalue weighted by atomic mass is 9.96. The number of nitrogens with two attached hydrogens (primary N) is 1. The summed E-state index contributed by atoms with van der Waals surface area (Å²) in [5.41, 5.74) is 5.35.